The van der Waals surface area contributed by atoms with E-state index in [2.05, 4.69) is 5.32 Å². The van der Waals surface area contributed by atoms with E-state index in [1.165, 1.54) is 6.92 Å². The summed E-state index contributed by atoms with van der Waals surface area (Å²) in [7, 11) is 0. The molecule has 1 aliphatic rings. The molecule has 1 saturated heterocycles. The number of carbonyl (C=O) groups excluding carboxylic acids is 2. The van der Waals surface area contributed by atoms with Gasteiger partial charge >= 0.3 is 5.97 Å². The molecular formula is C17H22N2O4. The number of hydrogen-bond acceptors (Lipinski definition) is 3. The highest BCUT2D eigenvalue weighted by Gasteiger charge is 2.28. The molecule has 0 aliphatic carbocycles. The van der Waals surface area contributed by atoms with Crippen LogP contribution in [0.2, 0.25) is 0 Å². The highest BCUT2D eigenvalue weighted by atomic mass is 16.4. The monoisotopic (exact) mass is 318 g/mol. The maximum Gasteiger partial charge on any atom is 0.305 e. The molecule has 2 N–H and O–H groups in total. The van der Waals surface area contributed by atoms with Gasteiger partial charge in [-0.2, -0.15) is 0 Å². The van der Waals surface area contributed by atoms with Crippen LogP contribution in [0.5, 0.6) is 0 Å². The zero-order chi connectivity index (χ0) is 16.8. The van der Waals surface area contributed by atoms with E-state index >= 15 is 0 Å². The van der Waals surface area contributed by atoms with Crippen LogP contribution in [0.25, 0.3) is 0 Å². The number of likely N-dealkylation sites (tertiary alicyclic amines) is 1. The normalized spacial score (nSPS) is 16.7. The van der Waals surface area contributed by atoms with Gasteiger partial charge in [0, 0.05) is 25.9 Å². The van der Waals surface area contributed by atoms with Crippen molar-refractivity contribution in [3.05, 3.63) is 35.9 Å². The molecule has 6 nitrogen and oxygen atoms in total. The first-order chi connectivity index (χ1) is 11.0. The molecule has 1 unspecified atom stereocenters. The smallest absolute Gasteiger partial charge is 0.305 e. The molecule has 0 radical (unpaired) electrons. The number of carboxylic acid groups (broad SMARTS) is 1. The van der Waals surface area contributed by atoms with Crippen molar-refractivity contribution < 1.29 is 19.5 Å². The maximum atomic E-state index is 12.4. The van der Waals surface area contributed by atoms with Crippen molar-refractivity contribution in [1.82, 2.24) is 10.2 Å². The van der Waals surface area contributed by atoms with Crippen molar-refractivity contribution in [2.24, 2.45) is 5.92 Å². The third-order valence-corrected chi connectivity index (χ3v) is 4.21. The zero-order valence-electron chi connectivity index (χ0n) is 13.2. The lowest BCUT2D eigenvalue weighted by Gasteiger charge is -2.31. The summed E-state index contributed by atoms with van der Waals surface area (Å²) in [5.41, 5.74) is 0.782. The number of aliphatic carboxylic acids is 1. The summed E-state index contributed by atoms with van der Waals surface area (Å²) < 4.78 is 0. The van der Waals surface area contributed by atoms with Crippen molar-refractivity contribution in [2.75, 3.05) is 13.1 Å². The lowest BCUT2D eigenvalue weighted by Crippen LogP contribution is -2.43. The first kappa shape index (κ1) is 17.0. The predicted molar refractivity (Wildman–Crippen MR) is 84.6 cm³/mol. The lowest BCUT2D eigenvalue weighted by molar-refractivity contribution is -0.138. The van der Waals surface area contributed by atoms with Crippen LogP contribution in [0.3, 0.4) is 0 Å². The van der Waals surface area contributed by atoms with E-state index in [4.69, 9.17) is 5.11 Å². The summed E-state index contributed by atoms with van der Waals surface area (Å²) in [4.78, 5) is 36.5. The van der Waals surface area contributed by atoms with E-state index in [1.807, 2.05) is 30.3 Å². The van der Waals surface area contributed by atoms with Gasteiger partial charge in [0.05, 0.1) is 12.5 Å². The SMILES string of the molecule is CC(=O)N1CCC(C(=O)NC(CC(=O)O)c2ccccc2)CC1. The average Bonchev–Trinajstić information content (AvgIpc) is 2.54. The van der Waals surface area contributed by atoms with Gasteiger partial charge in [-0.1, -0.05) is 30.3 Å². The fourth-order valence-electron chi connectivity index (χ4n) is 2.86. The second-order valence-corrected chi connectivity index (χ2v) is 5.85. The predicted octanol–water partition coefficient (Wildman–Crippen LogP) is 1.58. The molecule has 0 saturated carbocycles. The Morgan fingerprint density at radius 1 is 1.22 bits per heavy atom. The first-order valence-electron chi connectivity index (χ1n) is 7.80. The minimum atomic E-state index is -0.953. The number of hydrogen-bond donors (Lipinski definition) is 2. The molecule has 124 valence electrons. The largest absolute Gasteiger partial charge is 0.481 e. The molecule has 1 aromatic carbocycles. The highest BCUT2D eigenvalue weighted by Crippen LogP contribution is 2.21. The third-order valence-electron chi connectivity index (χ3n) is 4.21. The standard InChI is InChI=1S/C17H22N2O4/c1-12(20)19-9-7-14(8-10-19)17(23)18-15(11-16(21)22)13-5-3-2-4-6-13/h2-6,14-15H,7-11H2,1H3,(H,18,23)(H,21,22). The number of carbonyl (C=O) groups is 3. The van der Waals surface area contributed by atoms with E-state index in [1.54, 1.807) is 4.90 Å². The Morgan fingerprint density at radius 3 is 2.35 bits per heavy atom. The third kappa shape index (κ3) is 4.81. The van der Waals surface area contributed by atoms with Crippen LogP contribution in [0.1, 0.15) is 37.8 Å². The van der Waals surface area contributed by atoms with Crippen molar-refractivity contribution in [3.8, 4) is 0 Å². The molecule has 1 aliphatic heterocycles. The summed E-state index contributed by atoms with van der Waals surface area (Å²) in [6, 6.07) is 8.58. The summed E-state index contributed by atoms with van der Waals surface area (Å²) in [5.74, 6) is -1.24. The number of piperidine rings is 1. The van der Waals surface area contributed by atoms with Crippen LogP contribution < -0.4 is 5.32 Å². The number of amides is 2. The summed E-state index contributed by atoms with van der Waals surface area (Å²) in [6.07, 6.45) is 1.07. The van der Waals surface area contributed by atoms with E-state index < -0.39 is 12.0 Å². The topological polar surface area (TPSA) is 86.7 Å². The fraction of sp³-hybridized carbons (Fsp3) is 0.471. The Labute approximate surface area is 135 Å². The van der Waals surface area contributed by atoms with Gasteiger partial charge in [0.1, 0.15) is 0 Å². The van der Waals surface area contributed by atoms with Crippen LogP contribution in [-0.4, -0.2) is 40.9 Å². The molecule has 23 heavy (non-hydrogen) atoms. The van der Waals surface area contributed by atoms with Gasteiger partial charge in [0.15, 0.2) is 0 Å². The molecular weight excluding hydrogens is 296 g/mol. The number of nitrogens with one attached hydrogen (secondary N) is 1. The summed E-state index contributed by atoms with van der Waals surface area (Å²) in [6.45, 7) is 2.67. The van der Waals surface area contributed by atoms with Crippen molar-refractivity contribution in [1.29, 1.82) is 0 Å². The van der Waals surface area contributed by atoms with E-state index in [9.17, 15) is 14.4 Å². The second-order valence-electron chi connectivity index (χ2n) is 5.85. The minimum absolute atomic E-state index is 0.0249. The van der Waals surface area contributed by atoms with Crippen LogP contribution in [-0.2, 0) is 14.4 Å². The quantitative estimate of drug-likeness (QED) is 0.863. The Hall–Kier alpha value is -2.37. The van der Waals surface area contributed by atoms with E-state index in [-0.39, 0.29) is 24.2 Å². The number of rotatable bonds is 5. The van der Waals surface area contributed by atoms with E-state index in [0.29, 0.717) is 25.9 Å². The number of nitrogens with zero attached hydrogens (tertiary/aromatic N) is 1. The molecule has 1 fully saturated rings. The van der Waals surface area contributed by atoms with Gasteiger partial charge in [-0.3, -0.25) is 14.4 Å². The van der Waals surface area contributed by atoms with Crippen molar-refractivity contribution >= 4 is 17.8 Å². The van der Waals surface area contributed by atoms with E-state index in [0.717, 1.165) is 5.56 Å². The molecule has 2 rings (SSSR count). The van der Waals surface area contributed by atoms with Gasteiger partial charge < -0.3 is 15.3 Å². The van der Waals surface area contributed by atoms with Crippen LogP contribution >= 0.6 is 0 Å². The van der Waals surface area contributed by atoms with Crippen LogP contribution in [0.4, 0.5) is 0 Å². The Bertz CT molecular complexity index is 565. The van der Waals surface area contributed by atoms with Crippen LogP contribution in [0.15, 0.2) is 30.3 Å². The lowest BCUT2D eigenvalue weighted by atomic mass is 9.94. The average molecular weight is 318 g/mol. The van der Waals surface area contributed by atoms with Gasteiger partial charge in [0.2, 0.25) is 11.8 Å². The zero-order valence-corrected chi connectivity index (χ0v) is 13.2. The molecule has 1 heterocycles. The maximum absolute atomic E-state index is 12.4. The molecule has 0 spiro atoms. The van der Waals surface area contributed by atoms with Gasteiger partial charge in [0.25, 0.3) is 0 Å². The van der Waals surface area contributed by atoms with Crippen molar-refractivity contribution in [3.63, 3.8) is 0 Å². The Morgan fingerprint density at radius 2 is 1.83 bits per heavy atom. The minimum Gasteiger partial charge on any atom is -0.481 e. The highest BCUT2D eigenvalue weighted by molar-refractivity contribution is 5.80. The summed E-state index contributed by atoms with van der Waals surface area (Å²) in [5, 5.41) is 11.9. The fourth-order valence-corrected chi connectivity index (χ4v) is 2.86. The number of carboxylic acids is 1. The summed E-state index contributed by atoms with van der Waals surface area (Å²) >= 11 is 0. The molecule has 1 atom stereocenters. The Balaban J connectivity index is 1.98. The Kier molecular flexibility index (Phi) is 5.73. The second kappa shape index (κ2) is 7.76. The van der Waals surface area contributed by atoms with Gasteiger partial charge in [-0.05, 0) is 18.4 Å². The number of benzene rings is 1. The molecule has 0 aromatic heterocycles. The first-order valence-corrected chi connectivity index (χ1v) is 7.80. The molecule has 1 aromatic rings. The van der Waals surface area contributed by atoms with Gasteiger partial charge in [-0.25, -0.2) is 0 Å². The molecule has 2 amide bonds. The molecule has 0 bridgehead atoms. The van der Waals surface area contributed by atoms with Crippen LogP contribution in [0, 0.1) is 5.92 Å². The van der Waals surface area contributed by atoms with Gasteiger partial charge in [-0.15, -0.1) is 0 Å². The molecule has 6 heteroatoms. The van der Waals surface area contributed by atoms with Crippen molar-refractivity contribution in [2.45, 2.75) is 32.2 Å².